The maximum absolute atomic E-state index is 6.00. The molecule has 0 saturated carbocycles. The molecule has 0 radical (unpaired) electrons. The average Bonchev–Trinajstić information content (AvgIpc) is 2.33. The number of nitrogens with zero attached hydrogens (tertiary/aromatic N) is 2. The maximum atomic E-state index is 6.00. The van der Waals surface area contributed by atoms with Crippen molar-refractivity contribution in [2.45, 2.75) is 23.4 Å². The molecule has 3 nitrogen and oxygen atoms in total. The van der Waals surface area contributed by atoms with Gasteiger partial charge in [-0.3, -0.25) is 0 Å². The van der Waals surface area contributed by atoms with E-state index in [0.29, 0.717) is 6.54 Å². The average molecular weight is 280 g/mol. The van der Waals surface area contributed by atoms with Gasteiger partial charge in [0, 0.05) is 21.8 Å². The van der Waals surface area contributed by atoms with E-state index in [2.05, 4.69) is 9.97 Å². The SMILES string of the molecule is Cc1ccnc(Sc2ccc(Cl)cc2CCN)n1. The summed E-state index contributed by atoms with van der Waals surface area (Å²) in [7, 11) is 0. The van der Waals surface area contributed by atoms with Gasteiger partial charge in [-0.05, 0) is 61.5 Å². The molecule has 0 fully saturated rings. The first kappa shape index (κ1) is 13.3. The van der Waals surface area contributed by atoms with Gasteiger partial charge in [0.25, 0.3) is 0 Å². The highest BCUT2D eigenvalue weighted by Crippen LogP contribution is 2.30. The van der Waals surface area contributed by atoms with E-state index in [1.54, 1.807) is 18.0 Å². The molecule has 5 heteroatoms. The zero-order chi connectivity index (χ0) is 13.0. The fourth-order valence-corrected chi connectivity index (χ4v) is 2.69. The lowest BCUT2D eigenvalue weighted by Crippen LogP contribution is -2.03. The van der Waals surface area contributed by atoms with Crippen molar-refractivity contribution in [1.82, 2.24) is 9.97 Å². The number of benzene rings is 1. The molecule has 0 aliphatic carbocycles. The molecule has 0 amide bonds. The van der Waals surface area contributed by atoms with Gasteiger partial charge < -0.3 is 5.73 Å². The summed E-state index contributed by atoms with van der Waals surface area (Å²) in [6.07, 6.45) is 2.57. The van der Waals surface area contributed by atoms with Crippen molar-refractivity contribution in [3.8, 4) is 0 Å². The van der Waals surface area contributed by atoms with Crippen LogP contribution in [0.25, 0.3) is 0 Å². The fourth-order valence-electron chi connectivity index (χ4n) is 1.57. The summed E-state index contributed by atoms with van der Waals surface area (Å²) in [5.41, 5.74) is 7.71. The van der Waals surface area contributed by atoms with Crippen LogP contribution in [0.5, 0.6) is 0 Å². The number of aryl methyl sites for hydroxylation is 1. The van der Waals surface area contributed by atoms with Gasteiger partial charge in [-0.2, -0.15) is 0 Å². The third-order valence-corrected chi connectivity index (χ3v) is 3.64. The van der Waals surface area contributed by atoms with Crippen LogP contribution < -0.4 is 5.73 Å². The second-order valence-corrected chi connectivity index (χ2v) is 5.32. The van der Waals surface area contributed by atoms with E-state index in [-0.39, 0.29) is 0 Å². The van der Waals surface area contributed by atoms with E-state index in [0.717, 1.165) is 32.8 Å². The van der Waals surface area contributed by atoms with Crippen LogP contribution in [-0.4, -0.2) is 16.5 Å². The summed E-state index contributed by atoms with van der Waals surface area (Å²) in [5.74, 6) is 0. The molecule has 1 aromatic heterocycles. The summed E-state index contributed by atoms with van der Waals surface area (Å²) < 4.78 is 0. The highest BCUT2D eigenvalue weighted by molar-refractivity contribution is 7.99. The first-order valence-electron chi connectivity index (χ1n) is 5.65. The molecule has 1 aromatic carbocycles. The minimum Gasteiger partial charge on any atom is -0.330 e. The third-order valence-electron chi connectivity index (χ3n) is 2.41. The quantitative estimate of drug-likeness (QED) is 0.874. The van der Waals surface area contributed by atoms with Gasteiger partial charge in [0.15, 0.2) is 5.16 Å². The van der Waals surface area contributed by atoms with Crippen LogP contribution in [0, 0.1) is 6.92 Å². The molecule has 0 bridgehead atoms. The summed E-state index contributed by atoms with van der Waals surface area (Å²) in [6, 6.07) is 7.70. The van der Waals surface area contributed by atoms with Crippen molar-refractivity contribution < 1.29 is 0 Å². The minimum absolute atomic E-state index is 0.600. The lowest BCUT2D eigenvalue weighted by molar-refractivity contribution is 0.921. The van der Waals surface area contributed by atoms with Crippen molar-refractivity contribution in [1.29, 1.82) is 0 Å². The lowest BCUT2D eigenvalue weighted by Gasteiger charge is -2.08. The summed E-state index contributed by atoms with van der Waals surface area (Å²) >= 11 is 7.54. The molecule has 18 heavy (non-hydrogen) atoms. The molecule has 94 valence electrons. The molecular weight excluding hydrogens is 266 g/mol. The molecule has 0 unspecified atom stereocenters. The van der Waals surface area contributed by atoms with Crippen molar-refractivity contribution in [2.24, 2.45) is 5.73 Å². The first-order valence-corrected chi connectivity index (χ1v) is 6.84. The van der Waals surface area contributed by atoms with Crippen LogP contribution in [0.3, 0.4) is 0 Å². The van der Waals surface area contributed by atoms with E-state index >= 15 is 0 Å². The maximum Gasteiger partial charge on any atom is 0.192 e. The Morgan fingerprint density at radius 1 is 1.33 bits per heavy atom. The third kappa shape index (κ3) is 3.45. The standard InChI is InChI=1S/C13H14ClN3S/c1-9-5-7-16-13(17-9)18-12-3-2-11(14)8-10(12)4-6-15/h2-3,5,7-8H,4,6,15H2,1H3. The Hall–Kier alpha value is -1.10. The Kier molecular flexibility index (Phi) is 4.58. The molecule has 2 rings (SSSR count). The number of halogens is 1. The number of hydrogen-bond donors (Lipinski definition) is 1. The molecule has 2 N–H and O–H groups in total. The second kappa shape index (κ2) is 6.18. The predicted molar refractivity (Wildman–Crippen MR) is 75.1 cm³/mol. The fraction of sp³-hybridized carbons (Fsp3) is 0.231. The molecule has 1 heterocycles. The predicted octanol–water partition coefficient (Wildman–Crippen LogP) is 3.09. The summed E-state index contributed by atoms with van der Waals surface area (Å²) in [5, 5.41) is 1.48. The van der Waals surface area contributed by atoms with E-state index in [4.69, 9.17) is 17.3 Å². The van der Waals surface area contributed by atoms with Crippen LogP contribution >= 0.6 is 23.4 Å². The van der Waals surface area contributed by atoms with Crippen molar-refractivity contribution in [3.63, 3.8) is 0 Å². The highest BCUT2D eigenvalue weighted by Gasteiger charge is 2.07. The summed E-state index contributed by atoms with van der Waals surface area (Å²) in [4.78, 5) is 9.73. The number of hydrogen-bond acceptors (Lipinski definition) is 4. The van der Waals surface area contributed by atoms with E-state index in [1.807, 2.05) is 31.2 Å². The van der Waals surface area contributed by atoms with E-state index in [1.165, 1.54) is 0 Å². The normalized spacial score (nSPS) is 10.6. The van der Waals surface area contributed by atoms with Gasteiger partial charge in [-0.15, -0.1) is 0 Å². The van der Waals surface area contributed by atoms with E-state index < -0.39 is 0 Å². The zero-order valence-electron chi connectivity index (χ0n) is 10.1. The van der Waals surface area contributed by atoms with Crippen LogP contribution in [-0.2, 0) is 6.42 Å². The second-order valence-electron chi connectivity index (χ2n) is 3.87. The van der Waals surface area contributed by atoms with Crippen molar-refractivity contribution in [3.05, 3.63) is 46.7 Å². The molecule has 0 aliphatic heterocycles. The van der Waals surface area contributed by atoms with Gasteiger partial charge in [-0.1, -0.05) is 11.6 Å². The van der Waals surface area contributed by atoms with Crippen LogP contribution in [0.1, 0.15) is 11.3 Å². The minimum atomic E-state index is 0.600. The van der Waals surface area contributed by atoms with E-state index in [9.17, 15) is 0 Å². The first-order chi connectivity index (χ1) is 8.69. The van der Waals surface area contributed by atoms with Gasteiger partial charge >= 0.3 is 0 Å². The van der Waals surface area contributed by atoms with Gasteiger partial charge in [0.05, 0.1) is 0 Å². The Balaban J connectivity index is 2.28. The Morgan fingerprint density at radius 2 is 2.17 bits per heavy atom. The van der Waals surface area contributed by atoms with Crippen LogP contribution in [0.2, 0.25) is 5.02 Å². The monoisotopic (exact) mass is 279 g/mol. The number of nitrogens with two attached hydrogens (primary N) is 1. The Labute approximate surface area is 116 Å². The molecule has 0 saturated heterocycles. The summed E-state index contributed by atoms with van der Waals surface area (Å²) in [6.45, 7) is 2.55. The highest BCUT2D eigenvalue weighted by atomic mass is 35.5. The largest absolute Gasteiger partial charge is 0.330 e. The van der Waals surface area contributed by atoms with Crippen molar-refractivity contribution >= 4 is 23.4 Å². The van der Waals surface area contributed by atoms with Gasteiger partial charge in [-0.25, -0.2) is 9.97 Å². The van der Waals surface area contributed by atoms with Gasteiger partial charge in [0.2, 0.25) is 0 Å². The Morgan fingerprint density at radius 3 is 2.89 bits per heavy atom. The molecule has 0 spiro atoms. The molecule has 2 aromatic rings. The Bertz CT molecular complexity index is 546. The van der Waals surface area contributed by atoms with Crippen molar-refractivity contribution in [2.75, 3.05) is 6.54 Å². The lowest BCUT2D eigenvalue weighted by atomic mass is 10.1. The number of aromatic nitrogens is 2. The molecule has 0 atom stereocenters. The molecular formula is C13H14ClN3S. The zero-order valence-corrected chi connectivity index (χ0v) is 11.6. The van der Waals surface area contributed by atoms with Crippen LogP contribution in [0.15, 0.2) is 40.5 Å². The number of rotatable bonds is 4. The smallest absolute Gasteiger partial charge is 0.192 e. The van der Waals surface area contributed by atoms with Crippen LogP contribution in [0.4, 0.5) is 0 Å². The molecule has 0 aliphatic rings. The topological polar surface area (TPSA) is 51.8 Å². The van der Waals surface area contributed by atoms with Gasteiger partial charge in [0.1, 0.15) is 0 Å².